The van der Waals surface area contributed by atoms with Crippen LogP contribution in [0, 0.1) is 5.92 Å². The first kappa shape index (κ1) is 12.6. The molecule has 1 fully saturated rings. The van der Waals surface area contributed by atoms with Crippen molar-refractivity contribution in [3.63, 3.8) is 0 Å². The number of ether oxygens (including phenoxy) is 1. The van der Waals surface area contributed by atoms with Crippen molar-refractivity contribution in [2.75, 3.05) is 19.7 Å². The third kappa shape index (κ3) is 2.69. The number of hydrogen-bond acceptors (Lipinski definition) is 4. The highest BCUT2D eigenvalue weighted by Gasteiger charge is 2.28. The Labute approximate surface area is 105 Å². The van der Waals surface area contributed by atoms with Crippen LogP contribution in [0.2, 0.25) is 0 Å². The zero-order chi connectivity index (χ0) is 13.0. The highest BCUT2D eigenvalue weighted by Crippen LogP contribution is 2.20. The molecule has 0 aromatic carbocycles. The number of piperidine rings is 1. The number of carbonyl (C=O) groups is 2. The fourth-order valence-electron chi connectivity index (χ4n) is 2.13. The second-order valence-electron chi connectivity index (χ2n) is 4.31. The first-order valence-corrected chi connectivity index (χ1v) is 6.17. The Morgan fingerprint density at radius 1 is 1.50 bits per heavy atom. The Hall–Kier alpha value is -1.85. The van der Waals surface area contributed by atoms with Crippen LogP contribution in [-0.4, -0.2) is 46.7 Å². The van der Waals surface area contributed by atoms with E-state index in [0.29, 0.717) is 38.1 Å². The van der Waals surface area contributed by atoms with E-state index in [2.05, 4.69) is 10.2 Å². The van der Waals surface area contributed by atoms with Crippen LogP contribution >= 0.6 is 0 Å². The molecule has 0 aliphatic carbocycles. The largest absolute Gasteiger partial charge is 0.466 e. The Bertz CT molecular complexity index is 408. The molecule has 1 aliphatic rings. The van der Waals surface area contributed by atoms with Crippen LogP contribution in [0.5, 0.6) is 0 Å². The molecule has 2 heterocycles. The number of aromatic amines is 1. The molecule has 1 amide bonds. The Balaban J connectivity index is 1.87. The molecule has 1 aliphatic heterocycles. The van der Waals surface area contributed by atoms with E-state index < -0.39 is 0 Å². The number of nitrogens with zero attached hydrogens (tertiary/aromatic N) is 2. The molecule has 6 nitrogen and oxygen atoms in total. The van der Waals surface area contributed by atoms with E-state index >= 15 is 0 Å². The average Bonchev–Trinajstić information content (AvgIpc) is 2.92. The summed E-state index contributed by atoms with van der Waals surface area (Å²) >= 11 is 0. The molecule has 1 aromatic heterocycles. The van der Waals surface area contributed by atoms with Crippen LogP contribution < -0.4 is 0 Å². The number of likely N-dealkylation sites (tertiary alicyclic amines) is 1. The van der Waals surface area contributed by atoms with Crippen molar-refractivity contribution in [1.29, 1.82) is 0 Å². The van der Waals surface area contributed by atoms with E-state index in [0.717, 1.165) is 0 Å². The van der Waals surface area contributed by atoms with Gasteiger partial charge in [0, 0.05) is 19.3 Å². The SMILES string of the molecule is CCOC(=O)C1CCN(C(=O)c2cn[nH]c2)CC1. The Morgan fingerprint density at radius 3 is 2.78 bits per heavy atom. The number of aromatic nitrogens is 2. The van der Waals surface area contributed by atoms with Gasteiger partial charge in [-0.1, -0.05) is 0 Å². The second-order valence-corrected chi connectivity index (χ2v) is 4.31. The maximum Gasteiger partial charge on any atom is 0.309 e. The van der Waals surface area contributed by atoms with Crippen molar-refractivity contribution in [3.8, 4) is 0 Å². The molecule has 0 bridgehead atoms. The lowest BCUT2D eigenvalue weighted by atomic mass is 9.96. The zero-order valence-electron chi connectivity index (χ0n) is 10.4. The van der Waals surface area contributed by atoms with Crippen molar-refractivity contribution < 1.29 is 14.3 Å². The number of hydrogen-bond donors (Lipinski definition) is 1. The maximum absolute atomic E-state index is 12.0. The predicted octanol–water partition coefficient (Wildman–Crippen LogP) is 0.825. The van der Waals surface area contributed by atoms with E-state index in [1.165, 1.54) is 6.20 Å². The molecule has 6 heteroatoms. The molecule has 0 saturated carbocycles. The van der Waals surface area contributed by atoms with Gasteiger partial charge in [-0.25, -0.2) is 0 Å². The quantitative estimate of drug-likeness (QED) is 0.807. The third-order valence-electron chi connectivity index (χ3n) is 3.15. The first-order valence-electron chi connectivity index (χ1n) is 6.17. The normalized spacial score (nSPS) is 16.6. The number of esters is 1. The molecule has 0 atom stereocenters. The number of carbonyl (C=O) groups excluding carboxylic acids is 2. The molecule has 0 unspecified atom stereocenters. The van der Waals surface area contributed by atoms with Gasteiger partial charge in [-0.3, -0.25) is 14.7 Å². The molecule has 1 saturated heterocycles. The number of nitrogens with one attached hydrogen (secondary N) is 1. The summed E-state index contributed by atoms with van der Waals surface area (Å²) < 4.78 is 4.99. The van der Waals surface area contributed by atoms with Gasteiger partial charge in [0.15, 0.2) is 0 Å². The van der Waals surface area contributed by atoms with Gasteiger partial charge >= 0.3 is 5.97 Å². The minimum absolute atomic E-state index is 0.0361. The zero-order valence-corrected chi connectivity index (χ0v) is 10.4. The maximum atomic E-state index is 12.0. The van der Waals surface area contributed by atoms with Crippen LogP contribution in [0.25, 0.3) is 0 Å². The van der Waals surface area contributed by atoms with Gasteiger partial charge in [-0.2, -0.15) is 5.10 Å². The molecule has 98 valence electrons. The summed E-state index contributed by atoms with van der Waals surface area (Å²) in [6.45, 7) is 3.39. The topological polar surface area (TPSA) is 75.3 Å². The summed E-state index contributed by atoms with van der Waals surface area (Å²) in [5.74, 6) is -0.252. The molecular weight excluding hydrogens is 234 g/mol. The second kappa shape index (κ2) is 5.66. The molecular formula is C12H17N3O3. The highest BCUT2D eigenvalue weighted by atomic mass is 16.5. The van der Waals surface area contributed by atoms with E-state index in [1.807, 2.05) is 0 Å². The van der Waals surface area contributed by atoms with Crippen molar-refractivity contribution in [1.82, 2.24) is 15.1 Å². The summed E-state index contributed by atoms with van der Waals surface area (Å²) in [4.78, 5) is 25.3. The Morgan fingerprint density at radius 2 is 2.22 bits per heavy atom. The van der Waals surface area contributed by atoms with E-state index in [9.17, 15) is 9.59 Å². The lowest BCUT2D eigenvalue weighted by Crippen LogP contribution is -2.40. The molecule has 1 aromatic rings. The van der Waals surface area contributed by atoms with Crippen LogP contribution in [-0.2, 0) is 9.53 Å². The molecule has 0 spiro atoms. The fourth-order valence-corrected chi connectivity index (χ4v) is 2.13. The summed E-state index contributed by atoms with van der Waals surface area (Å²) in [6, 6.07) is 0. The molecule has 18 heavy (non-hydrogen) atoms. The lowest BCUT2D eigenvalue weighted by molar-refractivity contribution is -0.149. The molecule has 2 rings (SSSR count). The van der Waals surface area contributed by atoms with Crippen molar-refractivity contribution in [2.24, 2.45) is 5.92 Å². The van der Waals surface area contributed by atoms with Gasteiger partial charge in [-0.15, -0.1) is 0 Å². The average molecular weight is 251 g/mol. The van der Waals surface area contributed by atoms with Crippen molar-refractivity contribution >= 4 is 11.9 Å². The smallest absolute Gasteiger partial charge is 0.309 e. The minimum Gasteiger partial charge on any atom is -0.466 e. The van der Waals surface area contributed by atoms with Gasteiger partial charge < -0.3 is 9.64 Å². The number of rotatable bonds is 3. The standard InChI is InChI=1S/C12H17N3O3/c1-2-18-12(17)9-3-5-15(6-4-9)11(16)10-7-13-14-8-10/h7-9H,2-6H2,1H3,(H,13,14). The summed E-state index contributed by atoms with van der Waals surface area (Å²) in [5.41, 5.74) is 0.560. The monoisotopic (exact) mass is 251 g/mol. The van der Waals surface area contributed by atoms with Crippen LogP contribution in [0.15, 0.2) is 12.4 Å². The van der Waals surface area contributed by atoms with E-state index in [-0.39, 0.29) is 17.8 Å². The minimum atomic E-state index is -0.145. The molecule has 0 radical (unpaired) electrons. The van der Waals surface area contributed by atoms with Crippen LogP contribution in [0.1, 0.15) is 30.1 Å². The summed E-state index contributed by atoms with van der Waals surface area (Å²) in [6.07, 6.45) is 4.43. The summed E-state index contributed by atoms with van der Waals surface area (Å²) in [7, 11) is 0. The number of H-pyrrole nitrogens is 1. The van der Waals surface area contributed by atoms with Gasteiger partial charge in [0.25, 0.3) is 5.91 Å². The van der Waals surface area contributed by atoms with Crippen LogP contribution in [0.4, 0.5) is 0 Å². The van der Waals surface area contributed by atoms with E-state index in [4.69, 9.17) is 4.74 Å². The van der Waals surface area contributed by atoms with Gasteiger partial charge in [0.1, 0.15) is 0 Å². The lowest BCUT2D eigenvalue weighted by Gasteiger charge is -2.30. The number of amides is 1. The van der Waals surface area contributed by atoms with Gasteiger partial charge in [0.2, 0.25) is 0 Å². The van der Waals surface area contributed by atoms with Crippen LogP contribution in [0.3, 0.4) is 0 Å². The first-order chi connectivity index (χ1) is 8.72. The summed E-state index contributed by atoms with van der Waals surface area (Å²) in [5, 5.41) is 6.38. The van der Waals surface area contributed by atoms with E-state index in [1.54, 1.807) is 18.0 Å². The Kier molecular flexibility index (Phi) is 3.96. The predicted molar refractivity (Wildman–Crippen MR) is 63.8 cm³/mol. The highest BCUT2D eigenvalue weighted by molar-refractivity contribution is 5.93. The molecule has 1 N–H and O–H groups in total. The third-order valence-corrected chi connectivity index (χ3v) is 3.15. The van der Waals surface area contributed by atoms with Crippen molar-refractivity contribution in [2.45, 2.75) is 19.8 Å². The van der Waals surface area contributed by atoms with Crippen molar-refractivity contribution in [3.05, 3.63) is 18.0 Å². The van der Waals surface area contributed by atoms with Gasteiger partial charge in [0.05, 0.1) is 24.3 Å². The fraction of sp³-hybridized carbons (Fsp3) is 0.583. The van der Waals surface area contributed by atoms with Gasteiger partial charge in [-0.05, 0) is 19.8 Å².